The maximum Gasteiger partial charge on any atom is 0.337 e. The highest BCUT2D eigenvalue weighted by Gasteiger charge is 2.14. The number of carboxylic acids is 1. The lowest BCUT2D eigenvalue weighted by atomic mass is 9.99. The number of rotatable bonds is 5. The molecular weight excluding hydrogens is 268 g/mol. The van der Waals surface area contributed by atoms with E-state index < -0.39 is 5.97 Å². The molecular formula is C13H17ClN2O3. The van der Waals surface area contributed by atoms with E-state index in [-0.39, 0.29) is 5.56 Å². The van der Waals surface area contributed by atoms with Gasteiger partial charge in [0.25, 0.3) is 0 Å². The summed E-state index contributed by atoms with van der Waals surface area (Å²) in [6.45, 7) is 2.45. The van der Waals surface area contributed by atoms with Crippen LogP contribution in [0.4, 0.5) is 5.82 Å². The lowest BCUT2D eigenvalue weighted by molar-refractivity contribution is 0.0530. The Hall–Kier alpha value is -1.33. The first-order valence-electron chi connectivity index (χ1n) is 6.37. The molecule has 1 saturated heterocycles. The van der Waals surface area contributed by atoms with Gasteiger partial charge in [0.1, 0.15) is 5.82 Å². The minimum atomic E-state index is -1.03. The summed E-state index contributed by atoms with van der Waals surface area (Å²) in [7, 11) is 0. The van der Waals surface area contributed by atoms with Crippen molar-refractivity contribution in [1.82, 2.24) is 4.98 Å². The number of carbonyl (C=O) groups is 1. The first-order chi connectivity index (χ1) is 9.16. The van der Waals surface area contributed by atoms with E-state index in [0.29, 0.717) is 16.8 Å². The zero-order valence-electron chi connectivity index (χ0n) is 10.6. The average molecular weight is 285 g/mol. The van der Waals surface area contributed by atoms with Gasteiger partial charge in [-0.05, 0) is 31.2 Å². The second-order valence-electron chi connectivity index (χ2n) is 4.66. The van der Waals surface area contributed by atoms with Gasteiger partial charge in [-0.2, -0.15) is 0 Å². The Kier molecular flexibility index (Phi) is 4.99. The van der Waals surface area contributed by atoms with Gasteiger partial charge in [-0.3, -0.25) is 0 Å². The molecule has 0 aliphatic carbocycles. The predicted molar refractivity (Wildman–Crippen MR) is 72.9 cm³/mol. The molecule has 1 aliphatic heterocycles. The van der Waals surface area contributed by atoms with Crippen molar-refractivity contribution < 1.29 is 14.6 Å². The lowest BCUT2D eigenvalue weighted by Crippen LogP contribution is -2.20. The fourth-order valence-electron chi connectivity index (χ4n) is 2.11. The SMILES string of the molecule is O=C(O)c1cnc(NCC[C@H]2CCCOC2)c(Cl)c1. The van der Waals surface area contributed by atoms with Crippen LogP contribution in [0.25, 0.3) is 0 Å². The van der Waals surface area contributed by atoms with Gasteiger partial charge < -0.3 is 15.2 Å². The van der Waals surface area contributed by atoms with Crippen LogP contribution in [0.2, 0.25) is 5.02 Å². The van der Waals surface area contributed by atoms with Crippen molar-refractivity contribution in [3.05, 3.63) is 22.8 Å². The molecule has 104 valence electrons. The van der Waals surface area contributed by atoms with E-state index in [1.54, 1.807) is 0 Å². The van der Waals surface area contributed by atoms with E-state index in [1.807, 2.05) is 0 Å². The second kappa shape index (κ2) is 6.73. The van der Waals surface area contributed by atoms with Crippen molar-refractivity contribution in [3.8, 4) is 0 Å². The summed E-state index contributed by atoms with van der Waals surface area (Å²) in [5.74, 6) is 0.0852. The molecule has 1 fully saturated rings. The maximum atomic E-state index is 10.8. The number of pyridine rings is 1. The second-order valence-corrected chi connectivity index (χ2v) is 5.07. The largest absolute Gasteiger partial charge is 0.478 e. The highest BCUT2D eigenvalue weighted by Crippen LogP contribution is 2.21. The number of anilines is 1. The fraction of sp³-hybridized carbons (Fsp3) is 0.538. The van der Waals surface area contributed by atoms with Crippen molar-refractivity contribution in [2.24, 2.45) is 5.92 Å². The smallest absolute Gasteiger partial charge is 0.337 e. The van der Waals surface area contributed by atoms with Crippen LogP contribution in [-0.4, -0.2) is 35.8 Å². The summed E-state index contributed by atoms with van der Waals surface area (Å²) in [6.07, 6.45) is 4.62. The molecule has 6 heteroatoms. The standard InChI is InChI=1S/C13H17ClN2O3/c14-11-6-10(13(17)18)7-16-12(11)15-4-3-9-2-1-5-19-8-9/h6-7,9H,1-5,8H2,(H,15,16)(H,17,18)/t9-/m1/s1. The van der Waals surface area contributed by atoms with E-state index in [2.05, 4.69) is 10.3 Å². The summed E-state index contributed by atoms with van der Waals surface area (Å²) >= 11 is 5.98. The van der Waals surface area contributed by atoms with Gasteiger partial charge in [0.15, 0.2) is 0 Å². The molecule has 0 aromatic carbocycles. The molecule has 2 rings (SSSR count). The summed E-state index contributed by atoms with van der Waals surface area (Å²) < 4.78 is 5.42. The molecule has 1 atom stereocenters. The molecule has 19 heavy (non-hydrogen) atoms. The van der Waals surface area contributed by atoms with E-state index in [9.17, 15) is 4.79 Å². The average Bonchev–Trinajstić information content (AvgIpc) is 2.41. The van der Waals surface area contributed by atoms with Gasteiger partial charge in [0.2, 0.25) is 0 Å². The summed E-state index contributed by atoms with van der Waals surface area (Å²) in [5, 5.41) is 12.3. The quantitative estimate of drug-likeness (QED) is 0.870. The van der Waals surface area contributed by atoms with Crippen LogP contribution in [0.15, 0.2) is 12.3 Å². The van der Waals surface area contributed by atoms with Crippen LogP contribution in [0.3, 0.4) is 0 Å². The Balaban J connectivity index is 1.83. The summed E-state index contributed by atoms with van der Waals surface area (Å²) in [4.78, 5) is 14.8. The van der Waals surface area contributed by atoms with Crippen LogP contribution in [0, 0.1) is 5.92 Å². The van der Waals surface area contributed by atoms with Crippen molar-refractivity contribution >= 4 is 23.4 Å². The van der Waals surface area contributed by atoms with Gasteiger partial charge >= 0.3 is 5.97 Å². The monoisotopic (exact) mass is 284 g/mol. The van der Waals surface area contributed by atoms with Crippen LogP contribution in [-0.2, 0) is 4.74 Å². The Bertz CT molecular complexity index is 448. The molecule has 0 radical (unpaired) electrons. The summed E-state index contributed by atoms with van der Waals surface area (Å²) in [6, 6.07) is 1.41. The molecule has 5 nitrogen and oxygen atoms in total. The number of aromatic nitrogens is 1. The number of nitrogens with one attached hydrogen (secondary N) is 1. The number of carboxylic acid groups (broad SMARTS) is 1. The van der Waals surface area contributed by atoms with Crippen molar-refractivity contribution in [2.75, 3.05) is 25.1 Å². The Morgan fingerprint density at radius 1 is 1.63 bits per heavy atom. The number of nitrogens with zero attached hydrogens (tertiary/aromatic N) is 1. The third-order valence-corrected chi connectivity index (χ3v) is 3.48. The topological polar surface area (TPSA) is 71.5 Å². The molecule has 1 aromatic rings. The molecule has 1 aromatic heterocycles. The highest BCUT2D eigenvalue weighted by molar-refractivity contribution is 6.33. The Labute approximate surface area is 116 Å². The zero-order chi connectivity index (χ0) is 13.7. The van der Waals surface area contributed by atoms with Crippen LogP contribution in [0.1, 0.15) is 29.6 Å². The number of ether oxygens (including phenoxy) is 1. The number of hydrogen-bond acceptors (Lipinski definition) is 4. The van der Waals surface area contributed by atoms with Crippen LogP contribution in [0.5, 0.6) is 0 Å². The number of aromatic carboxylic acids is 1. The fourth-order valence-corrected chi connectivity index (χ4v) is 2.35. The van der Waals surface area contributed by atoms with Gasteiger partial charge in [-0.15, -0.1) is 0 Å². The highest BCUT2D eigenvalue weighted by atomic mass is 35.5. The van der Waals surface area contributed by atoms with Crippen LogP contribution >= 0.6 is 11.6 Å². The van der Waals surface area contributed by atoms with Gasteiger partial charge in [0, 0.05) is 26.0 Å². The van der Waals surface area contributed by atoms with Crippen molar-refractivity contribution in [1.29, 1.82) is 0 Å². The van der Waals surface area contributed by atoms with Gasteiger partial charge in [-0.1, -0.05) is 11.6 Å². The molecule has 0 saturated carbocycles. The lowest BCUT2D eigenvalue weighted by Gasteiger charge is -2.22. The third kappa shape index (κ3) is 4.08. The van der Waals surface area contributed by atoms with Gasteiger partial charge in [-0.25, -0.2) is 9.78 Å². The minimum Gasteiger partial charge on any atom is -0.478 e. The molecule has 0 spiro atoms. The molecule has 0 unspecified atom stereocenters. The molecule has 0 bridgehead atoms. The van der Waals surface area contributed by atoms with E-state index in [4.69, 9.17) is 21.4 Å². The molecule has 2 N–H and O–H groups in total. The van der Waals surface area contributed by atoms with E-state index in [0.717, 1.165) is 32.6 Å². The normalized spacial score (nSPS) is 19.1. The van der Waals surface area contributed by atoms with E-state index >= 15 is 0 Å². The minimum absolute atomic E-state index is 0.0937. The Morgan fingerprint density at radius 2 is 2.47 bits per heavy atom. The third-order valence-electron chi connectivity index (χ3n) is 3.19. The van der Waals surface area contributed by atoms with E-state index in [1.165, 1.54) is 18.7 Å². The molecule has 0 amide bonds. The first kappa shape index (κ1) is 14.1. The summed E-state index contributed by atoms with van der Waals surface area (Å²) in [5.41, 5.74) is 0.0937. The molecule has 1 aliphatic rings. The maximum absolute atomic E-state index is 10.8. The van der Waals surface area contributed by atoms with Crippen molar-refractivity contribution in [2.45, 2.75) is 19.3 Å². The van der Waals surface area contributed by atoms with Crippen molar-refractivity contribution in [3.63, 3.8) is 0 Å². The van der Waals surface area contributed by atoms with Crippen LogP contribution < -0.4 is 5.32 Å². The number of halogens is 1. The Morgan fingerprint density at radius 3 is 3.11 bits per heavy atom. The number of hydrogen-bond donors (Lipinski definition) is 2. The zero-order valence-corrected chi connectivity index (χ0v) is 11.3. The first-order valence-corrected chi connectivity index (χ1v) is 6.75. The van der Waals surface area contributed by atoms with Gasteiger partial charge in [0.05, 0.1) is 10.6 Å². The molecule has 2 heterocycles. The predicted octanol–water partition coefficient (Wildman–Crippen LogP) is 2.66.